The van der Waals surface area contributed by atoms with Crippen LogP contribution in [0.15, 0.2) is 30.6 Å². The van der Waals surface area contributed by atoms with E-state index in [0.717, 1.165) is 56.0 Å². The van der Waals surface area contributed by atoms with Gasteiger partial charge >= 0.3 is 0 Å². The number of aryl methyl sites for hydroxylation is 1. The highest BCUT2D eigenvalue weighted by Crippen LogP contribution is 2.25. The molecular weight excluding hydrogens is 430 g/mol. The third kappa shape index (κ3) is 7.15. The van der Waals surface area contributed by atoms with E-state index in [1.807, 2.05) is 19.1 Å². The van der Waals surface area contributed by atoms with Crippen LogP contribution >= 0.6 is 11.6 Å². The van der Waals surface area contributed by atoms with Gasteiger partial charge in [0.05, 0.1) is 36.7 Å². The topological polar surface area (TPSA) is 95.8 Å². The lowest BCUT2D eigenvalue weighted by Gasteiger charge is -2.31. The Morgan fingerprint density at radius 1 is 1.28 bits per heavy atom. The fourth-order valence-electron chi connectivity index (χ4n) is 4.01. The Balaban J connectivity index is 1.36. The second kappa shape index (κ2) is 12.1. The Morgan fingerprint density at radius 2 is 2.00 bits per heavy atom. The molecule has 2 aromatic rings. The van der Waals surface area contributed by atoms with Crippen molar-refractivity contribution < 1.29 is 19.7 Å². The first kappa shape index (κ1) is 24.4. The number of carbonyl (C=O) groups excluding carboxylic acids is 1. The Bertz CT molecular complexity index is 870. The van der Waals surface area contributed by atoms with Gasteiger partial charge < -0.3 is 19.8 Å². The van der Waals surface area contributed by atoms with Gasteiger partial charge in [-0.3, -0.25) is 4.79 Å². The summed E-state index contributed by atoms with van der Waals surface area (Å²) in [4.78, 5) is 23.1. The molecule has 8 heteroatoms. The van der Waals surface area contributed by atoms with E-state index in [-0.39, 0.29) is 25.2 Å². The Morgan fingerprint density at radius 3 is 2.66 bits per heavy atom. The highest BCUT2D eigenvalue weighted by atomic mass is 35.5. The van der Waals surface area contributed by atoms with Crippen molar-refractivity contribution >= 4 is 23.3 Å². The van der Waals surface area contributed by atoms with E-state index in [4.69, 9.17) is 21.4 Å². The lowest BCUT2D eigenvalue weighted by molar-refractivity contribution is 0.0779. The summed E-state index contributed by atoms with van der Waals surface area (Å²) >= 11 is 5.86. The van der Waals surface area contributed by atoms with Gasteiger partial charge in [-0.1, -0.05) is 11.6 Å². The average Bonchev–Trinajstić information content (AvgIpc) is 2.81. The average molecular weight is 462 g/mol. The number of carbonyl (C=O) groups is 1. The Kier molecular flexibility index (Phi) is 9.26. The molecule has 1 aliphatic rings. The van der Waals surface area contributed by atoms with Gasteiger partial charge in [0.1, 0.15) is 5.75 Å². The number of hydrogen-bond donors (Lipinski definition) is 2. The largest absolute Gasteiger partial charge is 0.494 e. The van der Waals surface area contributed by atoms with E-state index in [9.17, 15) is 9.90 Å². The number of anilines is 1. The molecule has 3 rings (SSSR count). The summed E-state index contributed by atoms with van der Waals surface area (Å²) in [6, 6.07) is 5.50. The molecule has 1 atom stereocenters. The minimum absolute atomic E-state index is 0.0307. The Labute approximate surface area is 194 Å². The number of piperidine rings is 1. The zero-order chi connectivity index (χ0) is 22.9. The van der Waals surface area contributed by atoms with Crippen LogP contribution < -0.4 is 9.64 Å². The van der Waals surface area contributed by atoms with Crippen molar-refractivity contribution in [1.29, 1.82) is 0 Å². The highest BCUT2D eigenvalue weighted by Gasteiger charge is 2.20. The standard InChI is InChI=1S/C24H32ClN3O4/c1-17-13-21(5-6-22(17)23(31)7-4-20(30)16-29)32-12-2-3-18-8-10-28(11-9-18)24-26-14-19(25)15-27-24/h5-6,13-15,18,20,29-30H,2-4,7-12,16H2,1H3/t20-/m1/s1. The second-order valence-corrected chi connectivity index (χ2v) is 8.83. The SMILES string of the molecule is Cc1cc(OCCCC2CCN(c3ncc(Cl)cn3)CC2)ccc1C(=O)CC[C@@H](O)CO. The molecule has 2 N–H and O–H groups in total. The summed E-state index contributed by atoms with van der Waals surface area (Å²) in [5, 5.41) is 18.8. The molecule has 0 spiro atoms. The van der Waals surface area contributed by atoms with Crippen LogP contribution in [0, 0.1) is 12.8 Å². The summed E-state index contributed by atoms with van der Waals surface area (Å²) in [5.74, 6) is 2.16. The van der Waals surface area contributed by atoms with Crippen LogP contribution in [0.5, 0.6) is 5.75 Å². The summed E-state index contributed by atoms with van der Waals surface area (Å²) in [6.45, 7) is 4.12. The fraction of sp³-hybridized carbons (Fsp3) is 0.542. The number of nitrogens with zero attached hydrogens (tertiary/aromatic N) is 3. The molecule has 0 saturated carbocycles. The van der Waals surface area contributed by atoms with Gasteiger partial charge in [0.2, 0.25) is 5.95 Å². The van der Waals surface area contributed by atoms with Crippen molar-refractivity contribution in [3.05, 3.63) is 46.7 Å². The number of ketones is 1. The molecule has 7 nitrogen and oxygen atoms in total. The number of Topliss-reactive ketones (excluding diaryl/α,β-unsaturated/α-hetero) is 1. The van der Waals surface area contributed by atoms with Gasteiger partial charge in [-0.05, 0) is 68.7 Å². The first-order valence-corrected chi connectivity index (χ1v) is 11.6. The first-order valence-electron chi connectivity index (χ1n) is 11.2. The van der Waals surface area contributed by atoms with E-state index in [1.165, 1.54) is 0 Å². The number of hydrogen-bond acceptors (Lipinski definition) is 7. The van der Waals surface area contributed by atoms with Crippen molar-refractivity contribution in [2.24, 2.45) is 5.92 Å². The van der Waals surface area contributed by atoms with E-state index in [0.29, 0.717) is 23.1 Å². The van der Waals surface area contributed by atoms with Crippen molar-refractivity contribution in [2.75, 3.05) is 31.2 Å². The predicted octanol–water partition coefficient (Wildman–Crippen LogP) is 3.83. The summed E-state index contributed by atoms with van der Waals surface area (Å²) in [6.07, 6.45) is 7.25. The van der Waals surface area contributed by atoms with Gasteiger partial charge in [0.15, 0.2) is 5.78 Å². The van der Waals surface area contributed by atoms with Crippen LogP contribution in [0.1, 0.15) is 54.4 Å². The van der Waals surface area contributed by atoms with Gasteiger partial charge in [-0.2, -0.15) is 0 Å². The molecule has 0 unspecified atom stereocenters. The van der Waals surface area contributed by atoms with Crippen LogP contribution in [0.3, 0.4) is 0 Å². The molecule has 1 aliphatic heterocycles. The molecule has 1 aromatic heterocycles. The van der Waals surface area contributed by atoms with Crippen molar-refractivity contribution in [1.82, 2.24) is 9.97 Å². The van der Waals surface area contributed by atoms with Crippen molar-refractivity contribution in [2.45, 2.75) is 51.6 Å². The van der Waals surface area contributed by atoms with E-state index < -0.39 is 6.10 Å². The number of halogens is 1. The molecule has 0 radical (unpaired) electrons. The van der Waals surface area contributed by atoms with Crippen molar-refractivity contribution in [3.8, 4) is 5.75 Å². The number of benzene rings is 1. The van der Waals surface area contributed by atoms with Gasteiger partial charge in [0.25, 0.3) is 0 Å². The van der Waals surface area contributed by atoms with E-state index >= 15 is 0 Å². The zero-order valence-electron chi connectivity index (χ0n) is 18.5. The predicted molar refractivity (Wildman–Crippen MR) is 125 cm³/mol. The molecule has 2 heterocycles. The van der Waals surface area contributed by atoms with Gasteiger partial charge in [0, 0.05) is 25.1 Å². The quantitative estimate of drug-likeness (QED) is 0.387. The molecule has 1 saturated heterocycles. The molecule has 0 amide bonds. The molecule has 1 aromatic carbocycles. The van der Waals surface area contributed by atoms with Gasteiger partial charge in [-0.25, -0.2) is 9.97 Å². The fourth-order valence-corrected chi connectivity index (χ4v) is 4.11. The highest BCUT2D eigenvalue weighted by molar-refractivity contribution is 6.30. The van der Waals surface area contributed by atoms with Gasteiger partial charge in [-0.15, -0.1) is 0 Å². The third-order valence-corrected chi connectivity index (χ3v) is 6.14. The first-order chi connectivity index (χ1) is 15.5. The number of ether oxygens (including phenoxy) is 1. The van der Waals surface area contributed by atoms with Crippen LogP contribution in [0.25, 0.3) is 0 Å². The molecule has 32 heavy (non-hydrogen) atoms. The maximum atomic E-state index is 12.3. The summed E-state index contributed by atoms with van der Waals surface area (Å²) in [7, 11) is 0. The normalized spacial score (nSPS) is 15.6. The van der Waals surface area contributed by atoms with Crippen LogP contribution in [-0.2, 0) is 0 Å². The van der Waals surface area contributed by atoms with E-state index in [2.05, 4.69) is 14.9 Å². The molecule has 174 valence electrons. The summed E-state index contributed by atoms with van der Waals surface area (Å²) < 4.78 is 5.90. The summed E-state index contributed by atoms with van der Waals surface area (Å²) in [5.41, 5.74) is 1.50. The molecular formula is C24H32ClN3O4. The second-order valence-electron chi connectivity index (χ2n) is 8.40. The van der Waals surface area contributed by atoms with E-state index in [1.54, 1.807) is 18.5 Å². The number of aromatic nitrogens is 2. The van der Waals surface area contributed by atoms with Crippen LogP contribution in [-0.4, -0.2) is 58.4 Å². The molecule has 0 aliphatic carbocycles. The molecule has 1 fully saturated rings. The monoisotopic (exact) mass is 461 g/mol. The van der Waals surface area contributed by atoms with Crippen molar-refractivity contribution in [3.63, 3.8) is 0 Å². The number of aliphatic hydroxyl groups excluding tert-OH is 2. The maximum absolute atomic E-state index is 12.3. The van der Waals surface area contributed by atoms with Crippen LogP contribution in [0.4, 0.5) is 5.95 Å². The smallest absolute Gasteiger partial charge is 0.225 e. The number of rotatable bonds is 11. The molecule has 0 bridgehead atoms. The lowest BCUT2D eigenvalue weighted by atomic mass is 9.92. The Hall–Kier alpha value is -2.22. The minimum Gasteiger partial charge on any atom is -0.494 e. The minimum atomic E-state index is -0.847. The van der Waals surface area contributed by atoms with Crippen LogP contribution in [0.2, 0.25) is 5.02 Å². The number of aliphatic hydroxyl groups is 2. The third-order valence-electron chi connectivity index (χ3n) is 5.94. The maximum Gasteiger partial charge on any atom is 0.225 e. The lowest BCUT2D eigenvalue weighted by Crippen LogP contribution is -2.34. The zero-order valence-corrected chi connectivity index (χ0v) is 19.3.